The average molecular weight is 1360 g/mol. The molecule has 12 atom stereocenters. The molecule has 12 unspecified atom stereocenters. The topological polar surface area (TPSA) is 228 Å². The largest absolute Gasteiger partial charge is 0.394 e. The molecule has 0 radical (unpaired) electrons. The molecule has 2 saturated heterocycles. The van der Waals surface area contributed by atoms with Crippen LogP contribution in [0.5, 0.6) is 0 Å². The number of nitrogens with one attached hydrogen (secondary N) is 1. The summed E-state index contributed by atoms with van der Waals surface area (Å²) in [6.45, 7) is 2.80. The van der Waals surface area contributed by atoms with Gasteiger partial charge in [0, 0.05) is 6.42 Å². The van der Waals surface area contributed by atoms with E-state index in [9.17, 15) is 45.6 Å². The van der Waals surface area contributed by atoms with E-state index < -0.39 is 86.8 Å². The Morgan fingerprint density at radius 1 is 0.385 bits per heavy atom. The lowest BCUT2D eigenvalue weighted by atomic mass is 9.97. The highest BCUT2D eigenvalue weighted by atomic mass is 16.7. The van der Waals surface area contributed by atoms with Crippen LogP contribution in [0.1, 0.15) is 348 Å². The molecule has 14 heteroatoms. The van der Waals surface area contributed by atoms with Gasteiger partial charge in [-0.15, -0.1) is 0 Å². The highest BCUT2D eigenvalue weighted by molar-refractivity contribution is 5.76. The number of hydrogen-bond donors (Lipinski definition) is 9. The summed E-state index contributed by atoms with van der Waals surface area (Å²) in [5.74, 6) is -0.202. The summed E-state index contributed by atoms with van der Waals surface area (Å²) in [4.78, 5) is 13.4. The van der Waals surface area contributed by atoms with E-state index in [1.54, 1.807) is 0 Å². The monoisotopic (exact) mass is 1360 g/mol. The molecular weight excluding hydrogens is 1210 g/mol. The van der Waals surface area contributed by atoms with Gasteiger partial charge in [-0.25, -0.2) is 0 Å². The fraction of sp³-hybridized carbons (Fsp3) is 0.841. The van der Waals surface area contributed by atoms with Gasteiger partial charge in [-0.3, -0.25) is 4.79 Å². The van der Waals surface area contributed by atoms with Crippen LogP contribution in [-0.2, 0) is 23.7 Å². The first-order chi connectivity index (χ1) is 47.1. The minimum Gasteiger partial charge on any atom is -0.394 e. The number of carbonyl (C=O) groups is 1. The predicted octanol–water partition coefficient (Wildman–Crippen LogP) is 18.1. The van der Waals surface area contributed by atoms with Crippen LogP contribution in [0.25, 0.3) is 0 Å². The van der Waals surface area contributed by atoms with Crippen LogP contribution in [-0.4, -0.2) is 140 Å². The van der Waals surface area contributed by atoms with Crippen LogP contribution in [0, 0.1) is 0 Å². The van der Waals surface area contributed by atoms with Crippen molar-refractivity contribution < 1.29 is 64.6 Å². The van der Waals surface area contributed by atoms with Crippen molar-refractivity contribution in [3.05, 3.63) is 72.9 Å². The second-order valence-corrected chi connectivity index (χ2v) is 28.2. The minimum atomic E-state index is -1.78. The summed E-state index contributed by atoms with van der Waals surface area (Å²) in [5.41, 5.74) is 0. The van der Waals surface area contributed by atoms with Crippen molar-refractivity contribution in [1.29, 1.82) is 0 Å². The van der Waals surface area contributed by atoms with Crippen molar-refractivity contribution in [3.8, 4) is 0 Å². The lowest BCUT2D eigenvalue weighted by Gasteiger charge is -2.46. The normalized spacial score (nSPS) is 22.6. The Balaban J connectivity index is 1.59. The van der Waals surface area contributed by atoms with E-state index in [0.29, 0.717) is 12.8 Å². The first-order valence-corrected chi connectivity index (χ1v) is 40.2. The maximum absolute atomic E-state index is 13.4. The maximum Gasteiger partial charge on any atom is 0.220 e. The predicted molar refractivity (Wildman–Crippen MR) is 397 cm³/mol. The first kappa shape index (κ1) is 89.5. The van der Waals surface area contributed by atoms with Gasteiger partial charge in [-0.05, 0) is 64.2 Å². The SMILES string of the molecule is CC/C=C\C/C=C\C/C=C\C/C=C\C/C=C\C/C=C\CCCCCCCCCCCCCCCCCCCCC(=O)NC(COC1OC(CO)C(OC2OC(CO)C(O)C(O)C2O)C(O)C1O)C(O)CCCCCCCCCCCCCCCCCCCCCCCCCCC. The molecule has 96 heavy (non-hydrogen) atoms. The molecule has 9 N–H and O–H groups in total. The Hall–Kier alpha value is -2.57. The van der Waals surface area contributed by atoms with Crippen LogP contribution < -0.4 is 5.32 Å². The summed E-state index contributed by atoms with van der Waals surface area (Å²) < 4.78 is 23.0. The Morgan fingerprint density at radius 2 is 0.719 bits per heavy atom. The lowest BCUT2D eigenvalue weighted by molar-refractivity contribution is -0.359. The van der Waals surface area contributed by atoms with Gasteiger partial charge >= 0.3 is 0 Å². The molecule has 2 fully saturated rings. The number of unbranched alkanes of at least 4 members (excludes halogenated alkanes) is 42. The van der Waals surface area contributed by atoms with E-state index in [0.717, 1.165) is 89.9 Å². The molecule has 0 saturated carbocycles. The van der Waals surface area contributed by atoms with Gasteiger partial charge in [0.05, 0.1) is 32.0 Å². The number of ether oxygens (including phenoxy) is 4. The third kappa shape index (κ3) is 48.3. The number of aliphatic hydroxyl groups is 8. The van der Waals surface area contributed by atoms with Gasteiger partial charge in [-0.1, -0.05) is 350 Å². The third-order valence-corrected chi connectivity index (χ3v) is 19.4. The fourth-order valence-corrected chi connectivity index (χ4v) is 13.1. The van der Waals surface area contributed by atoms with E-state index in [1.165, 1.54) is 231 Å². The summed E-state index contributed by atoms with van der Waals surface area (Å²) in [6, 6.07) is -0.832. The standard InChI is InChI=1S/C82H149NO13/c1-3-5-7-9-11-13-15-17-19-21-23-25-27-29-30-31-32-33-34-35-36-37-38-39-40-42-44-46-48-50-52-54-56-58-60-62-64-66-74(87)83-70(69-93-81-79(92)77(90)80(73(68-85)95-81)96-82-78(91)76(89)75(88)72(67-84)94-82)71(86)65-63-61-59-57-55-53-51-49-47-45-43-41-28-26-24-22-20-18-16-14-12-10-8-6-4-2/h5,7,11,13,17,19,23,25,29-30,32-33,70-73,75-82,84-86,88-92H,3-4,6,8-10,12,14-16,18,20-22,24,26-28,31,34-69H2,1-2H3,(H,83,87)/b7-5-,13-11-,19-17-,25-23-,30-29-,33-32-. The Kier molecular flexibility index (Phi) is 61.3. The summed E-state index contributed by atoms with van der Waals surface area (Å²) >= 11 is 0. The van der Waals surface area contributed by atoms with Crippen molar-refractivity contribution >= 4 is 5.91 Å². The number of allylic oxidation sites excluding steroid dienone is 12. The van der Waals surface area contributed by atoms with E-state index in [4.69, 9.17) is 18.9 Å². The van der Waals surface area contributed by atoms with Crippen LogP contribution in [0.3, 0.4) is 0 Å². The van der Waals surface area contributed by atoms with Crippen LogP contribution in [0.2, 0.25) is 0 Å². The molecule has 2 aliphatic rings. The molecule has 0 aliphatic carbocycles. The fourth-order valence-electron chi connectivity index (χ4n) is 13.1. The summed E-state index contributed by atoms with van der Waals surface area (Å²) in [6.07, 6.45) is 73.6. The molecule has 2 rings (SSSR count). The second kappa shape index (κ2) is 65.7. The van der Waals surface area contributed by atoms with Crippen molar-refractivity contribution in [2.45, 2.75) is 421 Å². The molecule has 0 aromatic carbocycles. The number of amides is 1. The van der Waals surface area contributed by atoms with Crippen LogP contribution in [0.15, 0.2) is 72.9 Å². The second-order valence-electron chi connectivity index (χ2n) is 28.2. The van der Waals surface area contributed by atoms with Crippen molar-refractivity contribution in [1.82, 2.24) is 5.32 Å². The maximum atomic E-state index is 13.4. The first-order valence-electron chi connectivity index (χ1n) is 40.2. The van der Waals surface area contributed by atoms with E-state index in [-0.39, 0.29) is 12.5 Å². The third-order valence-electron chi connectivity index (χ3n) is 19.4. The zero-order valence-electron chi connectivity index (χ0n) is 61.4. The van der Waals surface area contributed by atoms with Gasteiger partial charge in [0.25, 0.3) is 0 Å². The molecule has 0 aromatic rings. The van der Waals surface area contributed by atoms with E-state index >= 15 is 0 Å². The number of hydrogen-bond acceptors (Lipinski definition) is 13. The molecule has 2 heterocycles. The van der Waals surface area contributed by atoms with Gasteiger partial charge in [0.2, 0.25) is 5.91 Å². The number of carbonyl (C=O) groups excluding carboxylic acids is 1. The molecule has 0 spiro atoms. The highest BCUT2D eigenvalue weighted by Crippen LogP contribution is 2.30. The van der Waals surface area contributed by atoms with E-state index in [2.05, 4.69) is 92.1 Å². The lowest BCUT2D eigenvalue weighted by Crippen LogP contribution is -2.65. The van der Waals surface area contributed by atoms with Gasteiger partial charge in [0.15, 0.2) is 12.6 Å². The zero-order chi connectivity index (χ0) is 69.4. The van der Waals surface area contributed by atoms with Crippen molar-refractivity contribution in [3.63, 3.8) is 0 Å². The molecule has 0 aromatic heterocycles. The Bertz CT molecular complexity index is 1890. The van der Waals surface area contributed by atoms with Gasteiger partial charge < -0.3 is 65.1 Å². The molecule has 1 amide bonds. The molecule has 560 valence electrons. The van der Waals surface area contributed by atoms with Crippen LogP contribution in [0.4, 0.5) is 0 Å². The average Bonchev–Trinajstić information content (AvgIpc) is 0.857. The molecular formula is C82H149NO13. The molecule has 2 aliphatic heterocycles. The van der Waals surface area contributed by atoms with Gasteiger partial charge in [0.1, 0.15) is 48.8 Å². The van der Waals surface area contributed by atoms with E-state index in [1.807, 2.05) is 0 Å². The molecule has 14 nitrogen and oxygen atoms in total. The van der Waals surface area contributed by atoms with Crippen LogP contribution >= 0.6 is 0 Å². The number of aliphatic hydroxyl groups excluding tert-OH is 8. The van der Waals surface area contributed by atoms with Gasteiger partial charge in [-0.2, -0.15) is 0 Å². The molecule has 0 bridgehead atoms. The number of rotatable bonds is 67. The highest BCUT2D eigenvalue weighted by Gasteiger charge is 2.51. The quantitative estimate of drug-likeness (QED) is 0.0204. The Morgan fingerprint density at radius 3 is 1.10 bits per heavy atom. The zero-order valence-corrected chi connectivity index (χ0v) is 61.4. The van der Waals surface area contributed by atoms with Crippen molar-refractivity contribution in [2.75, 3.05) is 19.8 Å². The summed E-state index contributed by atoms with van der Waals surface area (Å²) in [5, 5.41) is 87.9. The Labute approximate surface area is 587 Å². The minimum absolute atomic E-state index is 0.202. The smallest absolute Gasteiger partial charge is 0.220 e. The summed E-state index contributed by atoms with van der Waals surface area (Å²) in [7, 11) is 0. The van der Waals surface area contributed by atoms with Crippen molar-refractivity contribution in [2.24, 2.45) is 0 Å².